The van der Waals surface area contributed by atoms with Crippen LogP contribution in [0.3, 0.4) is 0 Å². The first kappa shape index (κ1) is 18.4. The number of pyridine rings is 1. The van der Waals surface area contributed by atoms with Crippen LogP contribution in [0.15, 0.2) is 48.8 Å². The Kier molecular flexibility index (Phi) is 6.47. The van der Waals surface area contributed by atoms with Crippen LogP contribution in [0.4, 0.5) is 5.69 Å². The summed E-state index contributed by atoms with van der Waals surface area (Å²) in [7, 11) is 3.68. The number of amides is 2. The van der Waals surface area contributed by atoms with E-state index in [1.165, 1.54) is 0 Å². The average molecular weight is 342 g/mol. The fraction of sp³-hybridized carbons (Fsp3) is 0.278. The van der Waals surface area contributed by atoms with Gasteiger partial charge in [0, 0.05) is 18.1 Å². The van der Waals surface area contributed by atoms with Gasteiger partial charge in [-0.25, -0.2) is 0 Å². The van der Waals surface area contributed by atoms with Gasteiger partial charge in [-0.05, 0) is 50.0 Å². The number of anilines is 1. The Balaban J connectivity index is 2.00. The smallest absolute Gasteiger partial charge is 0.246 e. The minimum atomic E-state index is -0.444. The summed E-state index contributed by atoms with van der Waals surface area (Å²) in [6, 6.07) is 10.2. The normalized spacial score (nSPS) is 11.8. The number of rotatable bonds is 8. The summed E-state index contributed by atoms with van der Waals surface area (Å²) in [4.78, 5) is 29.2. The molecule has 0 saturated heterocycles. The number of ether oxygens (including phenoxy) is 1. The van der Waals surface area contributed by atoms with E-state index in [9.17, 15) is 9.59 Å². The molecule has 7 heteroatoms. The van der Waals surface area contributed by atoms with Gasteiger partial charge in [-0.2, -0.15) is 0 Å². The van der Waals surface area contributed by atoms with Gasteiger partial charge in [0.05, 0.1) is 13.0 Å². The second-order valence-corrected chi connectivity index (χ2v) is 5.73. The van der Waals surface area contributed by atoms with Gasteiger partial charge in [0.25, 0.3) is 0 Å². The molecule has 3 N–H and O–H groups in total. The molecule has 132 valence electrons. The highest BCUT2D eigenvalue weighted by atomic mass is 16.5. The van der Waals surface area contributed by atoms with Crippen LogP contribution >= 0.6 is 0 Å². The maximum absolute atomic E-state index is 12.6. The van der Waals surface area contributed by atoms with E-state index in [0.29, 0.717) is 11.4 Å². The molecule has 0 radical (unpaired) electrons. The van der Waals surface area contributed by atoms with Crippen molar-refractivity contribution in [1.82, 2.24) is 9.88 Å². The van der Waals surface area contributed by atoms with Crippen molar-refractivity contribution in [3.05, 3.63) is 54.4 Å². The van der Waals surface area contributed by atoms with Crippen LogP contribution in [0.2, 0.25) is 0 Å². The van der Waals surface area contributed by atoms with E-state index < -0.39 is 11.9 Å². The Morgan fingerprint density at radius 1 is 1.24 bits per heavy atom. The largest absolute Gasteiger partial charge is 0.493 e. The molecule has 2 aromatic rings. The van der Waals surface area contributed by atoms with E-state index in [0.717, 1.165) is 5.56 Å². The molecule has 1 aromatic heterocycles. The molecule has 0 unspecified atom stereocenters. The number of benzene rings is 1. The molecule has 0 fully saturated rings. The van der Waals surface area contributed by atoms with Gasteiger partial charge in [0.1, 0.15) is 11.8 Å². The molecule has 0 aliphatic rings. The van der Waals surface area contributed by atoms with Crippen molar-refractivity contribution in [2.75, 3.05) is 26.0 Å². The summed E-state index contributed by atoms with van der Waals surface area (Å²) < 4.78 is 5.40. The minimum Gasteiger partial charge on any atom is -0.493 e. The van der Waals surface area contributed by atoms with Crippen LogP contribution in [-0.4, -0.2) is 42.4 Å². The van der Waals surface area contributed by atoms with E-state index in [-0.39, 0.29) is 18.9 Å². The highest BCUT2D eigenvalue weighted by Crippen LogP contribution is 2.21. The van der Waals surface area contributed by atoms with Crippen molar-refractivity contribution in [3.8, 4) is 5.75 Å². The SMILES string of the molecule is CN(C)[C@H](C(=O)Nc1ccc(OCCC(N)=O)cc1)c1cccnc1. The zero-order valence-corrected chi connectivity index (χ0v) is 14.3. The molecule has 0 aliphatic carbocycles. The van der Waals surface area contributed by atoms with E-state index in [1.54, 1.807) is 42.7 Å². The van der Waals surface area contributed by atoms with Crippen LogP contribution in [0, 0.1) is 0 Å². The molecule has 7 nitrogen and oxygen atoms in total. The molecule has 2 amide bonds. The summed E-state index contributed by atoms with van der Waals surface area (Å²) in [5, 5.41) is 2.89. The maximum atomic E-state index is 12.6. The third kappa shape index (κ3) is 5.58. The first-order chi connectivity index (χ1) is 12.0. The molecule has 1 aromatic carbocycles. The number of nitrogens with one attached hydrogen (secondary N) is 1. The van der Waals surface area contributed by atoms with Crippen LogP contribution in [0.5, 0.6) is 5.75 Å². The van der Waals surface area contributed by atoms with Crippen molar-refractivity contribution in [3.63, 3.8) is 0 Å². The summed E-state index contributed by atoms with van der Waals surface area (Å²) >= 11 is 0. The fourth-order valence-electron chi connectivity index (χ4n) is 2.34. The van der Waals surface area contributed by atoms with Crippen molar-refractivity contribution in [2.24, 2.45) is 5.73 Å². The summed E-state index contributed by atoms with van der Waals surface area (Å²) in [6.45, 7) is 0.227. The highest BCUT2D eigenvalue weighted by molar-refractivity contribution is 5.95. The third-order valence-electron chi connectivity index (χ3n) is 3.50. The molecule has 0 aliphatic heterocycles. The lowest BCUT2D eigenvalue weighted by molar-refractivity contribution is -0.120. The lowest BCUT2D eigenvalue weighted by atomic mass is 10.1. The highest BCUT2D eigenvalue weighted by Gasteiger charge is 2.23. The number of hydrogen-bond donors (Lipinski definition) is 2. The molecule has 2 rings (SSSR count). The summed E-state index contributed by atoms with van der Waals surface area (Å²) in [6.07, 6.45) is 3.51. The van der Waals surface area contributed by atoms with Gasteiger partial charge in [-0.1, -0.05) is 6.07 Å². The number of hydrogen-bond acceptors (Lipinski definition) is 5. The predicted molar refractivity (Wildman–Crippen MR) is 95.0 cm³/mol. The Hall–Kier alpha value is -2.93. The second-order valence-electron chi connectivity index (χ2n) is 5.73. The average Bonchev–Trinajstić information content (AvgIpc) is 2.57. The van der Waals surface area contributed by atoms with Crippen LogP contribution in [-0.2, 0) is 9.59 Å². The first-order valence-electron chi connectivity index (χ1n) is 7.86. The monoisotopic (exact) mass is 342 g/mol. The third-order valence-corrected chi connectivity index (χ3v) is 3.50. The van der Waals surface area contributed by atoms with Gasteiger partial charge in [-0.15, -0.1) is 0 Å². The molecule has 0 saturated carbocycles. The Morgan fingerprint density at radius 2 is 1.96 bits per heavy atom. The first-order valence-corrected chi connectivity index (χ1v) is 7.86. The molecule has 25 heavy (non-hydrogen) atoms. The quantitative estimate of drug-likeness (QED) is 0.759. The van der Waals surface area contributed by atoms with E-state index >= 15 is 0 Å². The lowest BCUT2D eigenvalue weighted by Gasteiger charge is -2.23. The van der Waals surface area contributed by atoms with Crippen molar-refractivity contribution >= 4 is 17.5 Å². The predicted octanol–water partition coefficient (Wildman–Crippen LogP) is 1.58. The Morgan fingerprint density at radius 3 is 2.52 bits per heavy atom. The van der Waals surface area contributed by atoms with Crippen LogP contribution < -0.4 is 15.8 Å². The number of likely N-dealkylation sites (N-methyl/N-ethyl adjacent to an activating group) is 1. The number of carbonyl (C=O) groups is 2. The van der Waals surface area contributed by atoms with Gasteiger partial charge >= 0.3 is 0 Å². The molecular weight excluding hydrogens is 320 g/mol. The number of carbonyl (C=O) groups excluding carboxylic acids is 2. The van der Waals surface area contributed by atoms with Gasteiger partial charge < -0.3 is 15.8 Å². The molecular formula is C18H22N4O3. The van der Waals surface area contributed by atoms with E-state index in [2.05, 4.69) is 10.3 Å². The molecule has 1 heterocycles. The zero-order valence-electron chi connectivity index (χ0n) is 14.3. The van der Waals surface area contributed by atoms with Gasteiger partial charge in [-0.3, -0.25) is 19.5 Å². The molecule has 0 bridgehead atoms. The van der Waals surface area contributed by atoms with Crippen LogP contribution in [0.1, 0.15) is 18.0 Å². The number of nitrogens with two attached hydrogens (primary N) is 1. The topological polar surface area (TPSA) is 97.5 Å². The Bertz CT molecular complexity index is 702. The van der Waals surface area contributed by atoms with Crippen molar-refractivity contribution in [1.29, 1.82) is 0 Å². The number of nitrogens with zero attached hydrogens (tertiary/aromatic N) is 2. The van der Waals surface area contributed by atoms with Crippen LogP contribution in [0.25, 0.3) is 0 Å². The van der Waals surface area contributed by atoms with E-state index in [4.69, 9.17) is 10.5 Å². The summed E-state index contributed by atoms with van der Waals surface area (Å²) in [5.41, 5.74) is 6.53. The zero-order chi connectivity index (χ0) is 18.2. The number of aromatic nitrogens is 1. The Labute approximate surface area is 146 Å². The van der Waals surface area contributed by atoms with Crippen molar-refractivity contribution in [2.45, 2.75) is 12.5 Å². The molecule has 0 spiro atoms. The summed E-state index contributed by atoms with van der Waals surface area (Å²) in [5.74, 6) is 0.0464. The second kappa shape index (κ2) is 8.79. The van der Waals surface area contributed by atoms with Gasteiger partial charge in [0.15, 0.2) is 0 Å². The molecule has 1 atom stereocenters. The minimum absolute atomic E-state index is 0.152. The maximum Gasteiger partial charge on any atom is 0.246 e. The lowest BCUT2D eigenvalue weighted by Crippen LogP contribution is -2.32. The standard InChI is InChI=1S/C18H22N4O3/c1-22(2)17(13-4-3-10-20-12-13)18(24)21-14-5-7-15(8-6-14)25-11-9-16(19)23/h3-8,10,12,17H,9,11H2,1-2H3,(H2,19,23)(H,21,24)/t17-/m0/s1. The fourth-order valence-corrected chi connectivity index (χ4v) is 2.34. The number of primary amides is 1. The van der Waals surface area contributed by atoms with Gasteiger partial charge in [0.2, 0.25) is 11.8 Å². The van der Waals surface area contributed by atoms with E-state index in [1.807, 2.05) is 25.1 Å². The van der Waals surface area contributed by atoms with Crippen molar-refractivity contribution < 1.29 is 14.3 Å².